The van der Waals surface area contributed by atoms with Gasteiger partial charge in [0.2, 0.25) is 5.95 Å². The fraction of sp³-hybridized carbons (Fsp3) is 0.167. The quantitative estimate of drug-likeness (QED) is 0.571. The van der Waals surface area contributed by atoms with E-state index in [0.29, 0.717) is 17.5 Å². The van der Waals surface area contributed by atoms with Gasteiger partial charge in [0.05, 0.1) is 16.8 Å². The van der Waals surface area contributed by atoms with Crippen molar-refractivity contribution in [2.24, 2.45) is 7.05 Å². The number of hydrogen-bond acceptors (Lipinski definition) is 7. The van der Waals surface area contributed by atoms with Crippen molar-refractivity contribution in [1.29, 1.82) is 0 Å². The van der Waals surface area contributed by atoms with Crippen molar-refractivity contribution >= 4 is 17.3 Å². The van der Waals surface area contributed by atoms with E-state index in [4.69, 9.17) is 0 Å². The largest absolute Gasteiger partial charge is 0.321 e. The van der Waals surface area contributed by atoms with Gasteiger partial charge < -0.3 is 5.32 Å². The molecule has 10 nitrogen and oxygen atoms in total. The van der Waals surface area contributed by atoms with Crippen LogP contribution in [0.1, 0.15) is 5.69 Å². The summed E-state index contributed by atoms with van der Waals surface area (Å²) in [6, 6.07) is 1.62. The van der Waals surface area contributed by atoms with E-state index in [1.807, 2.05) is 0 Å². The lowest BCUT2D eigenvalue weighted by atomic mass is 10.4. The zero-order valence-corrected chi connectivity index (χ0v) is 11.8. The summed E-state index contributed by atoms with van der Waals surface area (Å²) in [6.45, 7) is 1.57. The molecule has 22 heavy (non-hydrogen) atoms. The Morgan fingerprint density at radius 2 is 2.18 bits per heavy atom. The van der Waals surface area contributed by atoms with Crippen LogP contribution in [0.25, 0.3) is 5.82 Å². The van der Waals surface area contributed by atoms with Gasteiger partial charge in [-0.15, -0.1) is 0 Å². The average Bonchev–Trinajstić information content (AvgIpc) is 3.05. The van der Waals surface area contributed by atoms with Crippen LogP contribution in [0.2, 0.25) is 0 Å². The molecule has 0 aliphatic heterocycles. The predicted octanol–water partition coefficient (Wildman–Crippen LogP) is 1.36. The molecule has 3 rings (SSSR count). The molecule has 0 bridgehead atoms. The Balaban J connectivity index is 1.90. The van der Waals surface area contributed by atoms with Crippen molar-refractivity contribution in [1.82, 2.24) is 29.5 Å². The molecule has 0 saturated carbocycles. The normalized spacial score (nSPS) is 10.6. The van der Waals surface area contributed by atoms with Gasteiger partial charge >= 0.3 is 5.69 Å². The van der Waals surface area contributed by atoms with Gasteiger partial charge in [0.25, 0.3) is 0 Å². The van der Waals surface area contributed by atoms with Crippen LogP contribution in [-0.2, 0) is 7.05 Å². The molecule has 0 amide bonds. The summed E-state index contributed by atoms with van der Waals surface area (Å²) in [5.74, 6) is 0.777. The standard InChI is InChI=1S/C12H12N8O2/c1-8-10(20(21)22)7-19(17-8)11-3-4-13-12(16-11)15-9-5-14-18(2)6-9/h3-7H,1-2H3,(H,13,15,16). The Bertz CT molecular complexity index is 837. The number of nitrogens with zero attached hydrogens (tertiary/aromatic N) is 7. The number of aromatic nitrogens is 6. The van der Waals surface area contributed by atoms with Gasteiger partial charge in [0.15, 0.2) is 5.82 Å². The molecule has 0 spiro atoms. The highest BCUT2D eigenvalue weighted by molar-refractivity contribution is 5.51. The molecule has 0 aliphatic carbocycles. The maximum atomic E-state index is 10.9. The molecule has 0 fully saturated rings. The zero-order valence-electron chi connectivity index (χ0n) is 11.8. The van der Waals surface area contributed by atoms with E-state index >= 15 is 0 Å². The molecule has 3 aromatic heterocycles. The highest BCUT2D eigenvalue weighted by Gasteiger charge is 2.16. The topological polar surface area (TPSA) is 117 Å². The molecular weight excluding hydrogens is 288 g/mol. The van der Waals surface area contributed by atoms with E-state index in [1.54, 1.807) is 43.3 Å². The second-order valence-electron chi connectivity index (χ2n) is 4.57. The van der Waals surface area contributed by atoms with Crippen molar-refractivity contribution in [2.45, 2.75) is 6.92 Å². The summed E-state index contributed by atoms with van der Waals surface area (Å²) in [5, 5.41) is 22.0. The minimum absolute atomic E-state index is 0.0552. The van der Waals surface area contributed by atoms with Gasteiger partial charge in [-0.1, -0.05) is 0 Å². The Labute approximate surface area is 124 Å². The minimum Gasteiger partial charge on any atom is -0.321 e. The number of nitrogens with one attached hydrogen (secondary N) is 1. The van der Waals surface area contributed by atoms with Crippen LogP contribution in [-0.4, -0.2) is 34.5 Å². The molecule has 3 aromatic rings. The molecule has 10 heteroatoms. The molecule has 1 N–H and O–H groups in total. The Morgan fingerprint density at radius 1 is 1.36 bits per heavy atom. The van der Waals surface area contributed by atoms with E-state index in [-0.39, 0.29) is 5.69 Å². The Hall–Kier alpha value is -3.30. The average molecular weight is 300 g/mol. The maximum absolute atomic E-state index is 10.9. The summed E-state index contributed by atoms with van der Waals surface area (Å²) in [7, 11) is 1.80. The zero-order chi connectivity index (χ0) is 15.7. The highest BCUT2D eigenvalue weighted by atomic mass is 16.6. The molecule has 3 heterocycles. The lowest BCUT2D eigenvalue weighted by Gasteiger charge is -2.04. The lowest BCUT2D eigenvalue weighted by Crippen LogP contribution is -2.03. The van der Waals surface area contributed by atoms with Gasteiger partial charge in [-0.05, 0) is 6.92 Å². The SMILES string of the molecule is Cc1nn(-c2ccnc(Nc3cnn(C)c3)n2)cc1[N+](=O)[O-]. The van der Waals surface area contributed by atoms with E-state index in [0.717, 1.165) is 5.69 Å². The first-order valence-electron chi connectivity index (χ1n) is 6.32. The molecule has 0 aliphatic rings. The molecule has 0 radical (unpaired) electrons. The molecule has 0 atom stereocenters. The number of anilines is 2. The first kappa shape index (κ1) is 13.7. The van der Waals surface area contributed by atoms with Crippen molar-refractivity contribution in [3.05, 3.63) is 46.7 Å². The third-order valence-electron chi connectivity index (χ3n) is 2.91. The van der Waals surface area contributed by atoms with Crippen LogP contribution in [0.5, 0.6) is 0 Å². The van der Waals surface area contributed by atoms with Crippen LogP contribution in [0.3, 0.4) is 0 Å². The van der Waals surface area contributed by atoms with Gasteiger partial charge in [-0.25, -0.2) is 9.67 Å². The van der Waals surface area contributed by atoms with Crippen LogP contribution in [0.4, 0.5) is 17.3 Å². The third-order valence-corrected chi connectivity index (χ3v) is 2.91. The van der Waals surface area contributed by atoms with Gasteiger partial charge in [0.1, 0.15) is 11.9 Å². The lowest BCUT2D eigenvalue weighted by molar-refractivity contribution is -0.385. The minimum atomic E-state index is -0.477. The van der Waals surface area contributed by atoms with Gasteiger partial charge in [0, 0.05) is 25.5 Å². The van der Waals surface area contributed by atoms with Crippen molar-refractivity contribution < 1.29 is 4.92 Å². The summed E-state index contributed by atoms with van der Waals surface area (Å²) in [6.07, 6.45) is 6.28. The molecular formula is C12H12N8O2. The van der Waals surface area contributed by atoms with E-state index in [2.05, 4.69) is 25.5 Å². The van der Waals surface area contributed by atoms with Crippen LogP contribution in [0, 0.1) is 17.0 Å². The fourth-order valence-corrected chi connectivity index (χ4v) is 1.90. The summed E-state index contributed by atoms with van der Waals surface area (Å²) >= 11 is 0. The molecule has 0 unspecified atom stereocenters. The van der Waals surface area contributed by atoms with E-state index in [1.165, 1.54) is 10.9 Å². The third kappa shape index (κ3) is 2.61. The number of rotatable bonds is 4. The van der Waals surface area contributed by atoms with Crippen molar-refractivity contribution in [3.63, 3.8) is 0 Å². The number of aryl methyl sites for hydroxylation is 2. The van der Waals surface area contributed by atoms with Gasteiger partial charge in [-0.3, -0.25) is 14.8 Å². The van der Waals surface area contributed by atoms with Crippen molar-refractivity contribution in [2.75, 3.05) is 5.32 Å². The van der Waals surface area contributed by atoms with E-state index < -0.39 is 4.92 Å². The molecule has 0 aromatic carbocycles. The van der Waals surface area contributed by atoms with E-state index in [9.17, 15) is 10.1 Å². The number of hydrogen-bond donors (Lipinski definition) is 1. The summed E-state index contributed by atoms with van der Waals surface area (Å²) in [4.78, 5) is 18.8. The fourth-order valence-electron chi connectivity index (χ4n) is 1.90. The molecule has 112 valence electrons. The Morgan fingerprint density at radius 3 is 2.82 bits per heavy atom. The summed E-state index contributed by atoms with van der Waals surface area (Å²) in [5.41, 5.74) is 1.01. The maximum Gasteiger partial charge on any atom is 0.310 e. The highest BCUT2D eigenvalue weighted by Crippen LogP contribution is 2.18. The van der Waals surface area contributed by atoms with Crippen LogP contribution in [0.15, 0.2) is 30.9 Å². The summed E-state index contributed by atoms with van der Waals surface area (Å²) < 4.78 is 3.00. The van der Waals surface area contributed by atoms with Crippen LogP contribution < -0.4 is 5.32 Å². The van der Waals surface area contributed by atoms with Crippen LogP contribution >= 0.6 is 0 Å². The molecule has 0 saturated heterocycles. The van der Waals surface area contributed by atoms with Crippen molar-refractivity contribution in [3.8, 4) is 5.82 Å². The number of nitro groups is 1. The first-order chi connectivity index (χ1) is 10.5. The second kappa shape index (κ2) is 5.24. The Kier molecular flexibility index (Phi) is 3.26. The monoisotopic (exact) mass is 300 g/mol. The first-order valence-corrected chi connectivity index (χ1v) is 6.32. The van der Waals surface area contributed by atoms with Gasteiger partial charge in [-0.2, -0.15) is 15.2 Å². The predicted molar refractivity (Wildman–Crippen MR) is 77.0 cm³/mol. The second-order valence-corrected chi connectivity index (χ2v) is 4.57. The smallest absolute Gasteiger partial charge is 0.310 e.